The first kappa shape index (κ1) is 13.2. The van der Waals surface area contributed by atoms with Crippen LogP contribution in [0, 0.1) is 6.92 Å². The molecule has 0 spiro atoms. The van der Waals surface area contributed by atoms with Gasteiger partial charge < -0.3 is 10.2 Å². The number of rotatable bonds is 2. The van der Waals surface area contributed by atoms with Crippen molar-refractivity contribution >= 4 is 22.3 Å². The van der Waals surface area contributed by atoms with Gasteiger partial charge in [-0.3, -0.25) is 0 Å². The summed E-state index contributed by atoms with van der Waals surface area (Å²) in [7, 11) is 1.96. The number of benzene rings is 1. The van der Waals surface area contributed by atoms with E-state index < -0.39 is 0 Å². The maximum Gasteiger partial charge on any atom is 0.136 e. The fourth-order valence-corrected chi connectivity index (χ4v) is 3.17. The molecule has 3 heteroatoms. The number of nitrogens with one attached hydrogen (secondary N) is 1. The zero-order chi connectivity index (χ0) is 13.9. The van der Waals surface area contributed by atoms with Crippen LogP contribution in [-0.4, -0.2) is 25.1 Å². The van der Waals surface area contributed by atoms with Crippen molar-refractivity contribution < 1.29 is 0 Å². The molecule has 3 nitrogen and oxygen atoms in total. The molecular weight excluding hydrogens is 246 g/mol. The predicted octanol–water partition coefficient (Wildman–Crippen LogP) is 3.97. The summed E-state index contributed by atoms with van der Waals surface area (Å²) in [6, 6.07) is 6.51. The molecule has 0 unspecified atom stereocenters. The zero-order valence-corrected chi connectivity index (χ0v) is 12.4. The fraction of sp³-hybridized carbons (Fsp3) is 0.471. The third kappa shape index (κ3) is 2.33. The largest absolute Gasteiger partial charge is 0.386 e. The Bertz CT molecular complexity index is 598. The van der Waals surface area contributed by atoms with Crippen LogP contribution in [0.2, 0.25) is 0 Å². The van der Waals surface area contributed by atoms with Gasteiger partial charge in [0.25, 0.3) is 0 Å². The zero-order valence-electron chi connectivity index (χ0n) is 12.4. The lowest BCUT2D eigenvalue weighted by Crippen LogP contribution is -2.25. The van der Waals surface area contributed by atoms with Gasteiger partial charge in [0.15, 0.2) is 0 Å². The van der Waals surface area contributed by atoms with Crippen LogP contribution < -0.4 is 10.2 Å². The molecule has 0 radical (unpaired) electrons. The molecule has 1 fully saturated rings. The van der Waals surface area contributed by atoms with Crippen molar-refractivity contribution in [1.29, 1.82) is 0 Å². The molecule has 1 aromatic heterocycles. The molecule has 1 aliphatic rings. The lowest BCUT2D eigenvalue weighted by molar-refractivity contribution is 0.726. The summed E-state index contributed by atoms with van der Waals surface area (Å²) in [5.74, 6) is 1.17. The van der Waals surface area contributed by atoms with Crippen molar-refractivity contribution in [3.8, 4) is 0 Å². The molecule has 0 amide bonds. The van der Waals surface area contributed by atoms with Gasteiger partial charge in [0, 0.05) is 30.9 Å². The Kier molecular flexibility index (Phi) is 3.77. The minimum absolute atomic E-state index is 1.11. The number of fused-ring (bicyclic) bond motifs is 1. The first-order valence-electron chi connectivity index (χ1n) is 7.62. The third-order valence-corrected chi connectivity index (χ3v) is 4.28. The third-order valence-electron chi connectivity index (χ3n) is 4.28. The number of pyridine rings is 1. The van der Waals surface area contributed by atoms with E-state index in [1.807, 2.05) is 13.2 Å². The normalized spacial score (nSPS) is 16.2. The molecule has 2 heterocycles. The summed E-state index contributed by atoms with van der Waals surface area (Å²) in [6.07, 6.45) is 7.23. The Labute approximate surface area is 121 Å². The quantitative estimate of drug-likeness (QED) is 0.894. The topological polar surface area (TPSA) is 28.2 Å². The van der Waals surface area contributed by atoms with Crippen molar-refractivity contribution in [1.82, 2.24) is 4.98 Å². The number of nitrogens with zero attached hydrogens (tertiary/aromatic N) is 2. The minimum atomic E-state index is 1.11. The van der Waals surface area contributed by atoms with Crippen molar-refractivity contribution in [2.45, 2.75) is 32.6 Å². The highest BCUT2D eigenvalue weighted by atomic mass is 15.2. The SMILES string of the molecule is CNc1cnc(N2CCCCCC2)c2c(C)cccc12. The van der Waals surface area contributed by atoms with Gasteiger partial charge in [-0.15, -0.1) is 0 Å². The molecule has 0 saturated carbocycles. The number of aryl methyl sites for hydroxylation is 1. The van der Waals surface area contributed by atoms with E-state index in [4.69, 9.17) is 4.98 Å². The van der Waals surface area contributed by atoms with E-state index in [1.165, 1.54) is 47.8 Å². The summed E-state index contributed by atoms with van der Waals surface area (Å²) in [4.78, 5) is 7.24. The number of hydrogen-bond donors (Lipinski definition) is 1. The molecular formula is C17H23N3. The van der Waals surface area contributed by atoms with Crippen molar-refractivity contribution in [3.05, 3.63) is 30.0 Å². The Morgan fingerprint density at radius 3 is 2.55 bits per heavy atom. The number of anilines is 2. The monoisotopic (exact) mass is 269 g/mol. The van der Waals surface area contributed by atoms with E-state index in [-0.39, 0.29) is 0 Å². The van der Waals surface area contributed by atoms with E-state index in [0.29, 0.717) is 0 Å². The van der Waals surface area contributed by atoms with Crippen LogP contribution in [0.1, 0.15) is 31.2 Å². The van der Waals surface area contributed by atoms with Crippen LogP contribution in [0.4, 0.5) is 11.5 Å². The van der Waals surface area contributed by atoms with Gasteiger partial charge in [0.2, 0.25) is 0 Å². The van der Waals surface area contributed by atoms with Crippen LogP contribution in [0.25, 0.3) is 10.8 Å². The molecule has 0 bridgehead atoms. The molecule has 2 aromatic rings. The van der Waals surface area contributed by atoms with Crippen LogP contribution in [0.15, 0.2) is 24.4 Å². The van der Waals surface area contributed by atoms with Crippen molar-refractivity contribution in [2.24, 2.45) is 0 Å². The highest BCUT2D eigenvalue weighted by molar-refractivity contribution is 6.02. The Morgan fingerprint density at radius 2 is 1.85 bits per heavy atom. The molecule has 1 N–H and O–H groups in total. The molecule has 106 valence electrons. The molecule has 3 rings (SSSR count). The van der Waals surface area contributed by atoms with Gasteiger partial charge in [0.05, 0.1) is 11.9 Å². The van der Waals surface area contributed by atoms with E-state index >= 15 is 0 Å². The van der Waals surface area contributed by atoms with E-state index in [9.17, 15) is 0 Å². The van der Waals surface area contributed by atoms with Crippen molar-refractivity contribution in [2.75, 3.05) is 30.4 Å². The Hall–Kier alpha value is -1.77. The second-order valence-electron chi connectivity index (χ2n) is 5.64. The lowest BCUT2D eigenvalue weighted by Gasteiger charge is -2.24. The summed E-state index contributed by atoms with van der Waals surface area (Å²) in [6.45, 7) is 4.45. The van der Waals surface area contributed by atoms with Crippen LogP contribution in [0.3, 0.4) is 0 Å². The van der Waals surface area contributed by atoms with Crippen molar-refractivity contribution in [3.63, 3.8) is 0 Å². The molecule has 1 aliphatic heterocycles. The highest BCUT2D eigenvalue weighted by Crippen LogP contribution is 2.33. The number of hydrogen-bond acceptors (Lipinski definition) is 3. The molecule has 20 heavy (non-hydrogen) atoms. The fourth-order valence-electron chi connectivity index (χ4n) is 3.17. The van der Waals surface area contributed by atoms with Gasteiger partial charge in [0.1, 0.15) is 5.82 Å². The Morgan fingerprint density at radius 1 is 1.10 bits per heavy atom. The predicted molar refractivity (Wildman–Crippen MR) is 86.7 cm³/mol. The molecule has 0 atom stereocenters. The standard InChI is InChI=1S/C17H23N3/c1-13-8-7-9-14-15(18-2)12-19-17(16(13)14)20-10-5-3-4-6-11-20/h7-9,12,18H,3-6,10-11H2,1-2H3. The molecule has 1 saturated heterocycles. The van der Waals surface area contributed by atoms with Crippen LogP contribution in [0.5, 0.6) is 0 Å². The molecule has 0 aliphatic carbocycles. The van der Waals surface area contributed by atoms with E-state index in [2.05, 4.69) is 35.3 Å². The second kappa shape index (κ2) is 5.70. The summed E-state index contributed by atoms with van der Waals surface area (Å²) < 4.78 is 0. The average molecular weight is 269 g/mol. The summed E-state index contributed by atoms with van der Waals surface area (Å²) >= 11 is 0. The highest BCUT2D eigenvalue weighted by Gasteiger charge is 2.16. The van der Waals surface area contributed by atoms with Gasteiger partial charge in [-0.05, 0) is 25.3 Å². The summed E-state index contributed by atoms with van der Waals surface area (Å²) in [5.41, 5.74) is 2.42. The smallest absolute Gasteiger partial charge is 0.136 e. The van der Waals surface area contributed by atoms with Crippen LogP contribution in [-0.2, 0) is 0 Å². The van der Waals surface area contributed by atoms with Gasteiger partial charge in [-0.25, -0.2) is 4.98 Å². The van der Waals surface area contributed by atoms with Gasteiger partial charge >= 0.3 is 0 Å². The summed E-state index contributed by atoms with van der Waals surface area (Å²) in [5, 5.41) is 5.84. The van der Waals surface area contributed by atoms with E-state index in [0.717, 1.165) is 18.8 Å². The maximum absolute atomic E-state index is 4.77. The molecule has 1 aromatic carbocycles. The van der Waals surface area contributed by atoms with Crippen LogP contribution >= 0.6 is 0 Å². The first-order valence-corrected chi connectivity index (χ1v) is 7.62. The minimum Gasteiger partial charge on any atom is -0.386 e. The van der Waals surface area contributed by atoms with E-state index in [1.54, 1.807) is 0 Å². The number of aromatic nitrogens is 1. The second-order valence-corrected chi connectivity index (χ2v) is 5.64. The maximum atomic E-state index is 4.77. The Balaban J connectivity index is 2.15. The van der Waals surface area contributed by atoms with Gasteiger partial charge in [-0.2, -0.15) is 0 Å². The average Bonchev–Trinajstić information content (AvgIpc) is 2.75. The lowest BCUT2D eigenvalue weighted by atomic mass is 10.0. The first-order chi connectivity index (χ1) is 9.81. The van der Waals surface area contributed by atoms with Gasteiger partial charge in [-0.1, -0.05) is 31.0 Å².